The van der Waals surface area contributed by atoms with E-state index in [0.717, 1.165) is 16.5 Å². The Morgan fingerprint density at radius 3 is 2.63 bits per heavy atom. The number of thioether (sulfide) groups is 1. The van der Waals surface area contributed by atoms with E-state index < -0.39 is 17.8 Å². The van der Waals surface area contributed by atoms with Gasteiger partial charge in [0.15, 0.2) is 11.0 Å². The number of anilines is 1. The first-order valence-electron chi connectivity index (χ1n) is 11.0. The Labute approximate surface area is 206 Å². The van der Waals surface area contributed by atoms with Crippen LogP contribution in [0.2, 0.25) is 0 Å². The number of hydrogen-bond donors (Lipinski definition) is 2. The molecule has 4 aromatic rings. The molecule has 0 fully saturated rings. The van der Waals surface area contributed by atoms with Gasteiger partial charge in [-0.1, -0.05) is 66.4 Å². The van der Waals surface area contributed by atoms with Crippen molar-refractivity contribution in [2.24, 2.45) is 0 Å². The molecule has 0 radical (unpaired) electrons. The summed E-state index contributed by atoms with van der Waals surface area (Å²) in [6.07, 6.45) is 1.68. The maximum atomic E-state index is 14.0. The number of nitrogens with zero attached hydrogens (tertiary/aromatic N) is 3. The van der Waals surface area contributed by atoms with Gasteiger partial charge in [0, 0.05) is 17.6 Å². The van der Waals surface area contributed by atoms with E-state index in [1.54, 1.807) is 23.6 Å². The van der Waals surface area contributed by atoms with Crippen LogP contribution in [-0.2, 0) is 11.3 Å². The number of amides is 2. The van der Waals surface area contributed by atoms with Crippen LogP contribution < -0.4 is 10.6 Å². The second-order valence-electron chi connectivity index (χ2n) is 7.78. The van der Waals surface area contributed by atoms with Crippen LogP contribution in [0.25, 0.3) is 10.8 Å². The molecule has 2 amide bonds. The van der Waals surface area contributed by atoms with Crippen LogP contribution in [-0.4, -0.2) is 32.3 Å². The minimum atomic E-state index is -0.599. The average Bonchev–Trinajstić information content (AvgIpc) is 3.26. The van der Waals surface area contributed by atoms with Gasteiger partial charge in [0.1, 0.15) is 5.82 Å². The lowest BCUT2D eigenvalue weighted by Gasteiger charge is -2.15. The van der Waals surface area contributed by atoms with E-state index in [2.05, 4.69) is 27.4 Å². The molecule has 0 saturated heterocycles. The van der Waals surface area contributed by atoms with E-state index in [-0.39, 0.29) is 17.2 Å². The number of benzene rings is 3. The van der Waals surface area contributed by atoms with Crippen molar-refractivity contribution in [3.8, 4) is 0 Å². The van der Waals surface area contributed by atoms with Gasteiger partial charge in [0.25, 0.3) is 5.91 Å². The Kier molecular flexibility index (Phi) is 7.57. The van der Waals surface area contributed by atoms with Gasteiger partial charge in [-0.05, 0) is 30.5 Å². The Hall–Kier alpha value is -3.98. The third-order valence-electron chi connectivity index (χ3n) is 5.31. The van der Waals surface area contributed by atoms with E-state index in [1.165, 1.54) is 30.0 Å². The van der Waals surface area contributed by atoms with Crippen molar-refractivity contribution < 1.29 is 14.0 Å². The zero-order chi connectivity index (χ0) is 24.8. The highest BCUT2D eigenvalue weighted by Gasteiger charge is 2.21. The zero-order valence-electron chi connectivity index (χ0n) is 19.1. The molecule has 7 nitrogen and oxygen atoms in total. The van der Waals surface area contributed by atoms with Gasteiger partial charge in [-0.15, -0.1) is 16.8 Å². The molecule has 4 rings (SSSR count). The van der Waals surface area contributed by atoms with Crippen molar-refractivity contribution in [1.82, 2.24) is 20.1 Å². The molecule has 1 atom stereocenters. The predicted octanol–water partition coefficient (Wildman–Crippen LogP) is 4.98. The van der Waals surface area contributed by atoms with Crippen molar-refractivity contribution in [3.05, 3.63) is 96.6 Å². The summed E-state index contributed by atoms with van der Waals surface area (Å²) in [6.45, 7) is 5.90. The fourth-order valence-electron chi connectivity index (χ4n) is 3.66. The normalized spacial score (nSPS) is 11.7. The highest BCUT2D eigenvalue weighted by atomic mass is 32.2. The van der Waals surface area contributed by atoms with Gasteiger partial charge in [0.2, 0.25) is 5.91 Å². The van der Waals surface area contributed by atoms with Crippen molar-refractivity contribution in [1.29, 1.82) is 0 Å². The summed E-state index contributed by atoms with van der Waals surface area (Å²) in [5.74, 6) is -0.729. The molecule has 2 N–H and O–H groups in total. The highest BCUT2D eigenvalue weighted by Crippen LogP contribution is 2.25. The molecule has 35 heavy (non-hydrogen) atoms. The van der Waals surface area contributed by atoms with E-state index in [0.29, 0.717) is 17.5 Å². The van der Waals surface area contributed by atoms with Gasteiger partial charge in [-0.3, -0.25) is 9.59 Å². The summed E-state index contributed by atoms with van der Waals surface area (Å²) in [5.41, 5.74) is 0.695. The number of hydrogen-bond acceptors (Lipinski definition) is 5. The van der Waals surface area contributed by atoms with Gasteiger partial charge in [-0.25, -0.2) is 4.39 Å². The van der Waals surface area contributed by atoms with Crippen LogP contribution in [0.5, 0.6) is 0 Å². The first kappa shape index (κ1) is 24.2. The second-order valence-corrected chi connectivity index (χ2v) is 8.72. The molecule has 3 aromatic carbocycles. The lowest BCUT2D eigenvalue weighted by molar-refractivity contribution is -0.113. The standard InChI is InChI=1S/C26H24FN5O2S/c1-3-15-32-24(17(2)28-25(34)20-12-6-7-13-21(20)27)30-31-26(32)35-16-23(33)29-22-14-8-10-18-9-4-5-11-19(18)22/h3-14,17H,1,15-16H2,2H3,(H,28,34)(H,29,33)/t17-/m0/s1. The quantitative estimate of drug-likeness (QED) is 0.256. The zero-order valence-corrected chi connectivity index (χ0v) is 19.9. The fraction of sp³-hybridized carbons (Fsp3) is 0.154. The van der Waals surface area contributed by atoms with Crippen LogP contribution in [0, 0.1) is 5.82 Å². The number of fused-ring (bicyclic) bond motifs is 1. The number of halogens is 1. The van der Waals surface area contributed by atoms with E-state index >= 15 is 0 Å². The highest BCUT2D eigenvalue weighted by molar-refractivity contribution is 7.99. The van der Waals surface area contributed by atoms with Crippen LogP contribution in [0.1, 0.15) is 29.1 Å². The summed E-state index contributed by atoms with van der Waals surface area (Å²) in [7, 11) is 0. The molecule has 178 valence electrons. The van der Waals surface area contributed by atoms with Gasteiger partial charge < -0.3 is 15.2 Å². The molecule has 0 saturated carbocycles. The predicted molar refractivity (Wildman–Crippen MR) is 136 cm³/mol. The van der Waals surface area contributed by atoms with Crippen LogP contribution in [0.4, 0.5) is 10.1 Å². The number of aromatic nitrogens is 3. The SMILES string of the molecule is C=CCn1c(SCC(=O)Nc2cccc3ccccc23)nnc1[C@H](C)NC(=O)c1ccccc1F. The number of allylic oxidation sites excluding steroid dienone is 1. The number of carbonyl (C=O) groups is 2. The molecule has 0 aliphatic heterocycles. The first-order valence-corrected chi connectivity index (χ1v) is 12.0. The Morgan fingerprint density at radius 2 is 1.83 bits per heavy atom. The average molecular weight is 490 g/mol. The molecule has 0 aliphatic rings. The maximum Gasteiger partial charge on any atom is 0.254 e. The first-order chi connectivity index (χ1) is 17.0. The fourth-order valence-corrected chi connectivity index (χ4v) is 4.42. The van der Waals surface area contributed by atoms with Crippen LogP contribution >= 0.6 is 11.8 Å². The molecular weight excluding hydrogens is 465 g/mol. The van der Waals surface area contributed by atoms with Crippen molar-refractivity contribution in [2.75, 3.05) is 11.1 Å². The molecule has 1 aromatic heterocycles. The van der Waals surface area contributed by atoms with Gasteiger partial charge in [0.05, 0.1) is 17.4 Å². The molecule has 9 heteroatoms. The summed E-state index contributed by atoms with van der Waals surface area (Å²) in [5, 5.41) is 16.6. The van der Waals surface area contributed by atoms with Crippen molar-refractivity contribution in [2.45, 2.75) is 24.7 Å². The molecule has 0 bridgehead atoms. The van der Waals surface area contributed by atoms with Crippen LogP contribution in [0.3, 0.4) is 0 Å². The lowest BCUT2D eigenvalue weighted by Crippen LogP contribution is -2.29. The third kappa shape index (κ3) is 5.58. The Bertz CT molecular complexity index is 1380. The Morgan fingerprint density at radius 1 is 1.09 bits per heavy atom. The van der Waals surface area contributed by atoms with Gasteiger partial charge in [-0.2, -0.15) is 0 Å². The topological polar surface area (TPSA) is 88.9 Å². The summed E-state index contributed by atoms with van der Waals surface area (Å²) >= 11 is 1.23. The summed E-state index contributed by atoms with van der Waals surface area (Å²) < 4.78 is 15.7. The largest absolute Gasteiger partial charge is 0.342 e. The maximum absolute atomic E-state index is 14.0. The molecule has 0 unspecified atom stereocenters. The Balaban J connectivity index is 1.44. The summed E-state index contributed by atoms with van der Waals surface area (Å²) in [4.78, 5) is 25.2. The van der Waals surface area contributed by atoms with Crippen molar-refractivity contribution in [3.63, 3.8) is 0 Å². The molecular formula is C26H24FN5O2S. The lowest BCUT2D eigenvalue weighted by atomic mass is 10.1. The minimum absolute atomic E-state index is 0.0474. The number of rotatable bonds is 9. The van der Waals surface area contributed by atoms with E-state index in [9.17, 15) is 14.0 Å². The monoisotopic (exact) mass is 489 g/mol. The van der Waals surface area contributed by atoms with Gasteiger partial charge >= 0.3 is 0 Å². The third-order valence-corrected chi connectivity index (χ3v) is 6.27. The number of nitrogens with one attached hydrogen (secondary N) is 2. The second kappa shape index (κ2) is 11.0. The number of carbonyl (C=O) groups excluding carboxylic acids is 2. The molecule has 0 spiro atoms. The van der Waals surface area contributed by atoms with E-state index in [4.69, 9.17) is 0 Å². The van der Waals surface area contributed by atoms with E-state index in [1.807, 2.05) is 42.5 Å². The smallest absolute Gasteiger partial charge is 0.254 e. The molecule has 1 heterocycles. The van der Waals surface area contributed by atoms with Crippen LogP contribution in [0.15, 0.2) is 84.5 Å². The minimum Gasteiger partial charge on any atom is -0.342 e. The summed E-state index contributed by atoms with van der Waals surface area (Å²) in [6, 6.07) is 18.8. The molecule has 0 aliphatic carbocycles. The van der Waals surface area contributed by atoms with Crippen molar-refractivity contribution >= 4 is 40.0 Å².